The van der Waals surface area contributed by atoms with Crippen molar-refractivity contribution in [1.29, 1.82) is 0 Å². The van der Waals surface area contributed by atoms with Gasteiger partial charge in [0, 0.05) is 19.3 Å². The highest BCUT2D eigenvalue weighted by atomic mass is 35.5. The molecule has 0 bridgehead atoms. The van der Waals surface area contributed by atoms with Crippen LogP contribution in [-0.2, 0) is 11.3 Å². The van der Waals surface area contributed by atoms with E-state index < -0.39 is 6.04 Å². The monoisotopic (exact) mass is 357 g/mol. The van der Waals surface area contributed by atoms with Crippen LogP contribution in [0.15, 0.2) is 6.20 Å². The maximum Gasteiger partial charge on any atom is 0.244 e. The average molecular weight is 358 g/mol. The Hall–Kier alpha value is -1.53. The Labute approximate surface area is 145 Å². The molecule has 0 saturated heterocycles. The largest absolute Gasteiger partial charge is 0.354 e. The van der Waals surface area contributed by atoms with Crippen molar-refractivity contribution >= 4 is 29.1 Å². The minimum atomic E-state index is -0.400. The summed E-state index contributed by atoms with van der Waals surface area (Å²) < 4.78 is 3.44. The summed E-state index contributed by atoms with van der Waals surface area (Å²) in [6.45, 7) is 8.62. The summed E-state index contributed by atoms with van der Waals surface area (Å²) in [5, 5.41) is 12.8. The Bertz CT molecular complexity index is 688. The second kappa shape index (κ2) is 7.36. The van der Waals surface area contributed by atoms with Crippen molar-refractivity contribution in [3.63, 3.8) is 0 Å². The molecule has 6 nitrogen and oxygen atoms in total. The number of carbonyl (C=O) groups excluding carboxylic acids is 1. The number of carbonyl (C=O) groups is 1. The molecule has 2 rings (SSSR count). The van der Waals surface area contributed by atoms with Crippen LogP contribution in [0.3, 0.4) is 0 Å². The van der Waals surface area contributed by atoms with Crippen LogP contribution < -0.4 is 5.32 Å². The lowest BCUT2D eigenvalue weighted by molar-refractivity contribution is -0.124. The van der Waals surface area contributed by atoms with E-state index in [1.807, 2.05) is 27.7 Å². The number of nitrogens with one attached hydrogen (secondary N) is 1. The highest BCUT2D eigenvalue weighted by Gasteiger charge is 2.20. The molecule has 1 atom stereocenters. The molecule has 1 unspecified atom stereocenters. The van der Waals surface area contributed by atoms with Crippen LogP contribution in [0.5, 0.6) is 0 Å². The van der Waals surface area contributed by atoms with E-state index in [2.05, 4.69) is 15.5 Å². The minimum absolute atomic E-state index is 0.0815. The summed E-state index contributed by atoms with van der Waals surface area (Å²) in [4.78, 5) is 12.2. The predicted octanol–water partition coefficient (Wildman–Crippen LogP) is 3.08. The molecule has 0 aromatic carbocycles. The lowest BCUT2D eigenvalue weighted by Crippen LogP contribution is -2.33. The van der Waals surface area contributed by atoms with E-state index in [9.17, 15) is 4.79 Å². The lowest BCUT2D eigenvalue weighted by Gasteiger charge is -2.14. The second-order valence-electron chi connectivity index (χ2n) is 5.58. The molecule has 0 saturated carbocycles. The van der Waals surface area contributed by atoms with E-state index in [0.29, 0.717) is 23.1 Å². The summed E-state index contributed by atoms with van der Waals surface area (Å²) >= 11 is 12.1. The van der Waals surface area contributed by atoms with Crippen LogP contribution >= 0.6 is 23.2 Å². The molecule has 126 valence electrons. The van der Waals surface area contributed by atoms with Crippen LogP contribution in [0, 0.1) is 20.8 Å². The van der Waals surface area contributed by atoms with Crippen molar-refractivity contribution in [2.24, 2.45) is 0 Å². The van der Waals surface area contributed by atoms with E-state index in [1.54, 1.807) is 15.6 Å². The van der Waals surface area contributed by atoms with Gasteiger partial charge in [-0.25, -0.2) is 0 Å². The van der Waals surface area contributed by atoms with Gasteiger partial charge in [0.1, 0.15) is 6.04 Å². The van der Waals surface area contributed by atoms with Gasteiger partial charge in [0.2, 0.25) is 5.91 Å². The van der Waals surface area contributed by atoms with Gasteiger partial charge in [-0.3, -0.25) is 14.2 Å². The van der Waals surface area contributed by atoms with Crippen molar-refractivity contribution in [2.45, 2.75) is 46.7 Å². The highest BCUT2D eigenvalue weighted by molar-refractivity contribution is 6.31. The minimum Gasteiger partial charge on any atom is -0.354 e. The van der Waals surface area contributed by atoms with Crippen molar-refractivity contribution in [3.05, 3.63) is 33.3 Å². The first-order chi connectivity index (χ1) is 10.8. The number of aromatic nitrogens is 4. The molecule has 2 heterocycles. The fraction of sp³-hybridized carbons (Fsp3) is 0.533. The summed E-state index contributed by atoms with van der Waals surface area (Å²) in [6, 6.07) is -0.400. The van der Waals surface area contributed by atoms with Crippen molar-refractivity contribution < 1.29 is 4.79 Å². The van der Waals surface area contributed by atoms with E-state index in [4.69, 9.17) is 23.2 Å². The Morgan fingerprint density at radius 1 is 1.26 bits per heavy atom. The number of amides is 1. The summed E-state index contributed by atoms with van der Waals surface area (Å²) in [5.41, 5.74) is 2.34. The number of rotatable bonds is 6. The van der Waals surface area contributed by atoms with Gasteiger partial charge in [0.25, 0.3) is 0 Å². The van der Waals surface area contributed by atoms with Crippen LogP contribution in [0.25, 0.3) is 0 Å². The predicted molar refractivity (Wildman–Crippen MR) is 91.0 cm³/mol. The quantitative estimate of drug-likeness (QED) is 0.807. The van der Waals surface area contributed by atoms with Crippen LogP contribution in [0.2, 0.25) is 10.0 Å². The molecular weight excluding hydrogens is 337 g/mol. The zero-order valence-corrected chi connectivity index (χ0v) is 15.2. The zero-order valence-electron chi connectivity index (χ0n) is 13.7. The van der Waals surface area contributed by atoms with Gasteiger partial charge in [-0.2, -0.15) is 10.2 Å². The topological polar surface area (TPSA) is 64.7 Å². The molecular formula is C15H21Cl2N5O. The number of nitrogens with zero attached hydrogens (tertiary/aromatic N) is 4. The van der Waals surface area contributed by atoms with Gasteiger partial charge in [0.05, 0.1) is 27.1 Å². The first kappa shape index (κ1) is 17.8. The third kappa shape index (κ3) is 4.06. The summed E-state index contributed by atoms with van der Waals surface area (Å²) in [6.07, 6.45) is 2.56. The van der Waals surface area contributed by atoms with Gasteiger partial charge >= 0.3 is 0 Å². The highest BCUT2D eigenvalue weighted by Crippen LogP contribution is 2.22. The Morgan fingerprint density at radius 3 is 2.48 bits per heavy atom. The fourth-order valence-electron chi connectivity index (χ4n) is 2.34. The standard InChI is InChI=1S/C15H21Cl2N5O/c1-9-13(16)8-21(19-9)7-5-6-18-15(23)12(4)22-11(3)14(17)10(2)20-22/h8,12H,5-7H2,1-4H3,(H,18,23). The van der Waals surface area contributed by atoms with Crippen LogP contribution in [0.1, 0.15) is 36.5 Å². The SMILES string of the molecule is Cc1nn(CCCNC(=O)C(C)n2nc(C)c(Cl)c2C)cc1Cl. The molecule has 1 amide bonds. The Balaban J connectivity index is 1.83. The molecule has 8 heteroatoms. The van der Waals surface area contributed by atoms with E-state index in [0.717, 1.165) is 23.5 Å². The van der Waals surface area contributed by atoms with Crippen LogP contribution in [0.4, 0.5) is 0 Å². The van der Waals surface area contributed by atoms with E-state index in [1.165, 1.54) is 0 Å². The molecule has 0 radical (unpaired) electrons. The van der Waals surface area contributed by atoms with Gasteiger partial charge in [-0.05, 0) is 34.1 Å². The van der Waals surface area contributed by atoms with Crippen molar-refractivity contribution in [3.8, 4) is 0 Å². The maximum atomic E-state index is 12.2. The van der Waals surface area contributed by atoms with Crippen LogP contribution in [-0.4, -0.2) is 32.0 Å². The first-order valence-corrected chi connectivity index (χ1v) is 8.25. The van der Waals surface area contributed by atoms with Gasteiger partial charge < -0.3 is 5.32 Å². The molecule has 2 aromatic heterocycles. The Morgan fingerprint density at radius 2 is 1.96 bits per heavy atom. The molecule has 23 heavy (non-hydrogen) atoms. The third-order valence-electron chi connectivity index (χ3n) is 3.73. The van der Waals surface area contributed by atoms with Crippen molar-refractivity contribution in [1.82, 2.24) is 24.9 Å². The Kier molecular flexibility index (Phi) is 5.70. The average Bonchev–Trinajstić information content (AvgIpc) is 2.96. The molecule has 0 aliphatic heterocycles. The number of hydrogen-bond donors (Lipinski definition) is 1. The number of aryl methyl sites for hydroxylation is 3. The first-order valence-electron chi connectivity index (χ1n) is 7.49. The normalized spacial score (nSPS) is 12.4. The number of hydrogen-bond acceptors (Lipinski definition) is 3. The molecule has 0 fully saturated rings. The molecule has 0 aliphatic carbocycles. The van der Waals surface area contributed by atoms with E-state index in [-0.39, 0.29) is 5.91 Å². The van der Waals surface area contributed by atoms with Gasteiger partial charge in [-0.1, -0.05) is 23.2 Å². The third-order valence-corrected chi connectivity index (χ3v) is 4.65. The van der Waals surface area contributed by atoms with Gasteiger partial charge in [0.15, 0.2) is 0 Å². The summed E-state index contributed by atoms with van der Waals surface area (Å²) in [5.74, 6) is -0.0815. The second-order valence-corrected chi connectivity index (χ2v) is 6.36. The molecule has 0 spiro atoms. The fourth-order valence-corrected chi connectivity index (χ4v) is 2.61. The summed E-state index contributed by atoms with van der Waals surface area (Å²) in [7, 11) is 0. The smallest absolute Gasteiger partial charge is 0.244 e. The van der Waals surface area contributed by atoms with Gasteiger partial charge in [-0.15, -0.1) is 0 Å². The molecule has 2 aromatic rings. The van der Waals surface area contributed by atoms with Crippen molar-refractivity contribution in [2.75, 3.05) is 6.54 Å². The maximum absolute atomic E-state index is 12.2. The number of halogens is 2. The van der Waals surface area contributed by atoms with E-state index >= 15 is 0 Å². The lowest BCUT2D eigenvalue weighted by atomic mass is 10.3. The zero-order chi connectivity index (χ0) is 17.1. The molecule has 0 aliphatic rings. The molecule has 1 N–H and O–H groups in total.